The third-order valence-electron chi connectivity index (χ3n) is 2.73. The SMILES string of the molecule is Nc1cc(F)cc(CN2CCCNC(=O)C2)c1. The number of benzene rings is 1. The molecule has 2 rings (SSSR count). The summed E-state index contributed by atoms with van der Waals surface area (Å²) < 4.78 is 13.2. The van der Waals surface area contributed by atoms with Crippen LogP contribution in [0.25, 0.3) is 0 Å². The molecule has 5 heteroatoms. The van der Waals surface area contributed by atoms with E-state index in [0.29, 0.717) is 25.3 Å². The van der Waals surface area contributed by atoms with E-state index >= 15 is 0 Å². The summed E-state index contributed by atoms with van der Waals surface area (Å²) in [6.45, 7) is 2.45. The zero-order chi connectivity index (χ0) is 12.3. The van der Waals surface area contributed by atoms with Crippen LogP contribution in [0, 0.1) is 5.82 Å². The second-order valence-corrected chi connectivity index (χ2v) is 4.31. The minimum Gasteiger partial charge on any atom is -0.399 e. The number of hydrogen-bond donors (Lipinski definition) is 2. The topological polar surface area (TPSA) is 58.4 Å². The number of amides is 1. The van der Waals surface area contributed by atoms with Crippen molar-refractivity contribution in [1.29, 1.82) is 0 Å². The molecule has 17 heavy (non-hydrogen) atoms. The van der Waals surface area contributed by atoms with E-state index in [1.54, 1.807) is 6.07 Å². The second kappa shape index (κ2) is 5.14. The molecule has 0 aromatic heterocycles. The van der Waals surface area contributed by atoms with Gasteiger partial charge in [-0.1, -0.05) is 0 Å². The number of nitrogens with two attached hydrogens (primary N) is 1. The highest BCUT2D eigenvalue weighted by Crippen LogP contribution is 2.13. The summed E-state index contributed by atoms with van der Waals surface area (Å²) in [6, 6.07) is 4.49. The molecule has 1 fully saturated rings. The standard InChI is InChI=1S/C12H16FN3O/c13-10-4-9(5-11(14)6-10)7-16-3-1-2-15-12(17)8-16/h4-6H,1-3,7-8,14H2,(H,15,17). The molecule has 0 atom stereocenters. The Bertz CT molecular complexity index is 402. The van der Waals surface area contributed by atoms with Gasteiger partial charge in [0.25, 0.3) is 0 Å². The van der Waals surface area contributed by atoms with Gasteiger partial charge in [0.05, 0.1) is 6.54 Å². The Morgan fingerprint density at radius 3 is 3.00 bits per heavy atom. The number of rotatable bonds is 2. The van der Waals surface area contributed by atoms with Crippen LogP contribution in [-0.4, -0.2) is 30.4 Å². The van der Waals surface area contributed by atoms with Crippen LogP contribution < -0.4 is 11.1 Å². The molecule has 1 heterocycles. The molecule has 4 nitrogen and oxygen atoms in total. The Morgan fingerprint density at radius 2 is 2.24 bits per heavy atom. The highest BCUT2D eigenvalue weighted by Gasteiger charge is 2.14. The highest BCUT2D eigenvalue weighted by atomic mass is 19.1. The molecule has 1 saturated heterocycles. The summed E-state index contributed by atoms with van der Waals surface area (Å²) in [6.07, 6.45) is 0.913. The molecule has 1 aliphatic rings. The Balaban J connectivity index is 2.06. The lowest BCUT2D eigenvalue weighted by molar-refractivity contribution is -0.121. The van der Waals surface area contributed by atoms with Gasteiger partial charge in [0.15, 0.2) is 0 Å². The smallest absolute Gasteiger partial charge is 0.234 e. The lowest BCUT2D eigenvalue weighted by Gasteiger charge is -2.18. The van der Waals surface area contributed by atoms with E-state index in [-0.39, 0.29) is 11.7 Å². The number of hydrogen-bond acceptors (Lipinski definition) is 3. The molecule has 0 radical (unpaired) electrons. The van der Waals surface area contributed by atoms with E-state index < -0.39 is 0 Å². The molecule has 1 aromatic rings. The van der Waals surface area contributed by atoms with E-state index in [1.807, 2.05) is 4.90 Å². The fourth-order valence-corrected chi connectivity index (χ4v) is 2.03. The average Bonchev–Trinajstić information content (AvgIpc) is 2.41. The van der Waals surface area contributed by atoms with Crippen LogP contribution in [0.15, 0.2) is 18.2 Å². The number of nitrogen functional groups attached to an aromatic ring is 1. The van der Waals surface area contributed by atoms with Crippen molar-refractivity contribution >= 4 is 11.6 Å². The minimum absolute atomic E-state index is 0.0203. The van der Waals surface area contributed by atoms with Crippen LogP contribution in [0.1, 0.15) is 12.0 Å². The third kappa shape index (κ3) is 3.42. The van der Waals surface area contributed by atoms with Crippen molar-refractivity contribution in [1.82, 2.24) is 10.2 Å². The Hall–Kier alpha value is -1.62. The molecule has 1 aliphatic heterocycles. The summed E-state index contributed by atoms with van der Waals surface area (Å²) in [5, 5.41) is 2.80. The van der Waals surface area contributed by atoms with E-state index in [0.717, 1.165) is 18.5 Å². The van der Waals surface area contributed by atoms with Crippen molar-refractivity contribution in [2.45, 2.75) is 13.0 Å². The summed E-state index contributed by atoms with van der Waals surface area (Å²) >= 11 is 0. The average molecular weight is 237 g/mol. The second-order valence-electron chi connectivity index (χ2n) is 4.31. The van der Waals surface area contributed by atoms with Crippen molar-refractivity contribution in [3.63, 3.8) is 0 Å². The Labute approximate surface area is 99.6 Å². The zero-order valence-electron chi connectivity index (χ0n) is 9.58. The summed E-state index contributed by atoms with van der Waals surface area (Å²) in [4.78, 5) is 13.4. The minimum atomic E-state index is -0.334. The van der Waals surface area contributed by atoms with Crippen molar-refractivity contribution < 1.29 is 9.18 Å². The third-order valence-corrected chi connectivity index (χ3v) is 2.73. The van der Waals surface area contributed by atoms with Crippen molar-refractivity contribution in [2.75, 3.05) is 25.4 Å². The number of nitrogens with zero attached hydrogens (tertiary/aromatic N) is 1. The Kier molecular flexibility index (Phi) is 3.58. The van der Waals surface area contributed by atoms with Crippen LogP contribution in [-0.2, 0) is 11.3 Å². The monoisotopic (exact) mass is 237 g/mol. The molecular weight excluding hydrogens is 221 g/mol. The van der Waals surface area contributed by atoms with Gasteiger partial charge in [0.1, 0.15) is 5.82 Å². The van der Waals surface area contributed by atoms with Gasteiger partial charge < -0.3 is 11.1 Å². The molecule has 0 unspecified atom stereocenters. The number of carbonyl (C=O) groups excluding carboxylic acids is 1. The van der Waals surface area contributed by atoms with Gasteiger partial charge in [-0.3, -0.25) is 9.69 Å². The van der Waals surface area contributed by atoms with Crippen LogP contribution in [0.2, 0.25) is 0 Å². The zero-order valence-corrected chi connectivity index (χ0v) is 9.58. The molecular formula is C12H16FN3O. The Morgan fingerprint density at radius 1 is 1.41 bits per heavy atom. The lowest BCUT2D eigenvalue weighted by atomic mass is 10.2. The van der Waals surface area contributed by atoms with Gasteiger partial charge in [0, 0.05) is 25.3 Å². The molecule has 1 aromatic carbocycles. The van der Waals surface area contributed by atoms with Gasteiger partial charge in [0.2, 0.25) is 5.91 Å². The van der Waals surface area contributed by atoms with Crippen LogP contribution >= 0.6 is 0 Å². The maximum absolute atomic E-state index is 13.2. The first kappa shape index (κ1) is 11.9. The van der Waals surface area contributed by atoms with E-state index in [9.17, 15) is 9.18 Å². The normalized spacial score (nSPS) is 17.6. The molecule has 92 valence electrons. The summed E-state index contributed by atoms with van der Waals surface area (Å²) in [7, 11) is 0. The van der Waals surface area contributed by atoms with Gasteiger partial charge in [-0.25, -0.2) is 4.39 Å². The molecule has 0 bridgehead atoms. The molecule has 0 aliphatic carbocycles. The van der Waals surface area contributed by atoms with Gasteiger partial charge in [-0.2, -0.15) is 0 Å². The summed E-state index contributed by atoms with van der Waals surface area (Å²) in [5.41, 5.74) is 6.80. The quantitative estimate of drug-likeness (QED) is 0.745. The van der Waals surface area contributed by atoms with Gasteiger partial charge in [-0.05, 0) is 30.2 Å². The van der Waals surface area contributed by atoms with Crippen LogP contribution in [0.5, 0.6) is 0 Å². The predicted octanol–water partition coefficient (Wildman–Crippen LogP) is 0.730. The largest absolute Gasteiger partial charge is 0.399 e. The molecule has 0 spiro atoms. The van der Waals surface area contributed by atoms with Crippen LogP contribution in [0.4, 0.5) is 10.1 Å². The molecule has 0 saturated carbocycles. The molecule has 1 amide bonds. The summed E-state index contributed by atoms with van der Waals surface area (Å²) in [5.74, 6) is -0.314. The number of anilines is 1. The number of carbonyl (C=O) groups is 1. The van der Waals surface area contributed by atoms with Gasteiger partial charge >= 0.3 is 0 Å². The molecule has 3 N–H and O–H groups in total. The highest BCUT2D eigenvalue weighted by molar-refractivity contribution is 5.78. The predicted molar refractivity (Wildman–Crippen MR) is 63.7 cm³/mol. The van der Waals surface area contributed by atoms with E-state index in [4.69, 9.17) is 5.73 Å². The first-order valence-electron chi connectivity index (χ1n) is 5.67. The van der Waals surface area contributed by atoms with Gasteiger partial charge in [-0.15, -0.1) is 0 Å². The first-order chi connectivity index (χ1) is 8.13. The lowest BCUT2D eigenvalue weighted by Crippen LogP contribution is -2.32. The van der Waals surface area contributed by atoms with E-state index in [1.165, 1.54) is 12.1 Å². The first-order valence-corrected chi connectivity index (χ1v) is 5.67. The van der Waals surface area contributed by atoms with Crippen molar-refractivity contribution in [2.24, 2.45) is 0 Å². The van der Waals surface area contributed by atoms with E-state index in [2.05, 4.69) is 5.32 Å². The van der Waals surface area contributed by atoms with Crippen LogP contribution in [0.3, 0.4) is 0 Å². The maximum atomic E-state index is 13.2. The van der Waals surface area contributed by atoms with Crippen molar-refractivity contribution in [3.05, 3.63) is 29.6 Å². The fourth-order valence-electron chi connectivity index (χ4n) is 2.03. The fraction of sp³-hybridized carbons (Fsp3) is 0.417. The van der Waals surface area contributed by atoms with Crippen molar-refractivity contribution in [3.8, 4) is 0 Å². The maximum Gasteiger partial charge on any atom is 0.234 e. The number of halogens is 1. The number of nitrogens with one attached hydrogen (secondary N) is 1.